The number of carbonyl (C=O) groups is 2. The molecular formula is C10H18N2O4. The Labute approximate surface area is 94.6 Å². The van der Waals surface area contributed by atoms with E-state index in [9.17, 15) is 9.59 Å². The second kappa shape index (κ2) is 5.81. The average Bonchev–Trinajstić information content (AvgIpc) is 2.28. The summed E-state index contributed by atoms with van der Waals surface area (Å²) in [5.74, 6) is -1.09. The number of carbonyl (C=O) groups excluding carboxylic acids is 1. The number of aliphatic carboxylic acids is 1. The van der Waals surface area contributed by atoms with Crippen molar-refractivity contribution >= 4 is 11.9 Å². The zero-order chi connectivity index (χ0) is 12.1. The van der Waals surface area contributed by atoms with Crippen molar-refractivity contribution in [2.24, 2.45) is 0 Å². The van der Waals surface area contributed by atoms with Gasteiger partial charge in [0, 0.05) is 13.1 Å². The van der Waals surface area contributed by atoms with Crippen molar-refractivity contribution in [3.8, 4) is 0 Å². The standard InChI is InChI=1S/C10H18N2O4/c1-3-11-9(13)8-6-16-5-4-12(8)7(2)10(14)15/h7-8H,3-6H2,1-2H3,(H,11,13)(H,14,15). The van der Waals surface area contributed by atoms with E-state index in [2.05, 4.69) is 5.32 Å². The van der Waals surface area contributed by atoms with Gasteiger partial charge in [0.05, 0.1) is 13.2 Å². The summed E-state index contributed by atoms with van der Waals surface area (Å²) < 4.78 is 5.21. The van der Waals surface area contributed by atoms with Gasteiger partial charge in [-0.25, -0.2) is 0 Å². The van der Waals surface area contributed by atoms with Crippen LogP contribution in [-0.4, -0.2) is 60.3 Å². The molecule has 1 fully saturated rings. The smallest absolute Gasteiger partial charge is 0.320 e. The number of carboxylic acids is 1. The number of hydrogen-bond donors (Lipinski definition) is 2. The third-order valence-corrected chi connectivity index (χ3v) is 2.68. The third kappa shape index (κ3) is 2.93. The molecule has 0 radical (unpaired) electrons. The molecule has 1 aliphatic heterocycles. The first-order valence-corrected chi connectivity index (χ1v) is 5.42. The predicted molar refractivity (Wildman–Crippen MR) is 57.1 cm³/mol. The lowest BCUT2D eigenvalue weighted by Gasteiger charge is -2.36. The number of carboxylic acid groups (broad SMARTS) is 1. The van der Waals surface area contributed by atoms with Gasteiger partial charge in [-0.1, -0.05) is 0 Å². The van der Waals surface area contributed by atoms with Gasteiger partial charge in [-0.2, -0.15) is 0 Å². The maximum atomic E-state index is 11.7. The Balaban J connectivity index is 2.70. The van der Waals surface area contributed by atoms with E-state index >= 15 is 0 Å². The molecule has 2 N–H and O–H groups in total. The van der Waals surface area contributed by atoms with Crippen LogP contribution in [0.2, 0.25) is 0 Å². The van der Waals surface area contributed by atoms with E-state index in [1.165, 1.54) is 0 Å². The molecule has 1 aliphatic rings. The fourth-order valence-electron chi connectivity index (χ4n) is 1.74. The lowest BCUT2D eigenvalue weighted by Crippen LogP contribution is -2.58. The molecule has 1 saturated heterocycles. The van der Waals surface area contributed by atoms with Gasteiger partial charge in [-0.05, 0) is 13.8 Å². The Hall–Kier alpha value is -1.14. The van der Waals surface area contributed by atoms with E-state index in [0.29, 0.717) is 19.7 Å². The van der Waals surface area contributed by atoms with E-state index in [-0.39, 0.29) is 12.5 Å². The van der Waals surface area contributed by atoms with E-state index < -0.39 is 18.1 Å². The number of ether oxygens (including phenoxy) is 1. The lowest BCUT2D eigenvalue weighted by atomic mass is 10.1. The summed E-state index contributed by atoms with van der Waals surface area (Å²) in [5, 5.41) is 11.6. The van der Waals surface area contributed by atoms with Crippen molar-refractivity contribution in [1.29, 1.82) is 0 Å². The summed E-state index contributed by atoms with van der Waals surface area (Å²) in [6.07, 6.45) is 0. The minimum absolute atomic E-state index is 0.171. The molecule has 2 atom stereocenters. The van der Waals surface area contributed by atoms with Crippen LogP contribution in [0.4, 0.5) is 0 Å². The molecule has 6 nitrogen and oxygen atoms in total. The van der Waals surface area contributed by atoms with Crippen molar-refractivity contribution in [2.75, 3.05) is 26.3 Å². The van der Waals surface area contributed by atoms with Gasteiger partial charge in [-0.3, -0.25) is 14.5 Å². The Kier molecular flexibility index (Phi) is 4.70. The fraction of sp³-hybridized carbons (Fsp3) is 0.800. The monoisotopic (exact) mass is 230 g/mol. The second-order valence-electron chi connectivity index (χ2n) is 3.74. The molecule has 92 valence electrons. The summed E-state index contributed by atoms with van der Waals surface area (Å²) in [4.78, 5) is 24.3. The molecule has 1 heterocycles. The summed E-state index contributed by atoms with van der Waals surface area (Å²) in [6.45, 7) is 5.13. The number of likely N-dealkylation sites (N-methyl/N-ethyl adjacent to an activating group) is 1. The highest BCUT2D eigenvalue weighted by Crippen LogP contribution is 2.11. The highest BCUT2D eigenvalue weighted by atomic mass is 16.5. The van der Waals surface area contributed by atoms with Crippen molar-refractivity contribution in [2.45, 2.75) is 25.9 Å². The molecule has 1 amide bonds. The minimum Gasteiger partial charge on any atom is -0.480 e. The van der Waals surface area contributed by atoms with Gasteiger partial charge in [0.1, 0.15) is 12.1 Å². The van der Waals surface area contributed by atoms with Gasteiger partial charge in [0.2, 0.25) is 5.91 Å². The molecule has 0 aromatic rings. The van der Waals surface area contributed by atoms with Gasteiger partial charge >= 0.3 is 5.97 Å². The zero-order valence-electron chi connectivity index (χ0n) is 9.60. The van der Waals surface area contributed by atoms with Crippen molar-refractivity contribution in [3.05, 3.63) is 0 Å². The van der Waals surface area contributed by atoms with Crippen LogP contribution in [0.3, 0.4) is 0 Å². The third-order valence-electron chi connectivity index (χ3n) is 2.68. The lowest BCUT2D eigenvalue weighted by molar-refractivity contribution is -0.149. The number of nitrogens with one attached hydrogen (secondary N) is 1. The summed E-state index contributed by atoms with van der Waals surface area (Å²) in [7, 11) is 0. The summed E-state index contributed by atoms with van der Waals surface area (Å²) >= 11 is 0. The number of nitrogens with zero attached hydrogens (tertiary/aromatic N) is 1. The predicted octanol–water partition coefficient (Wildman–Crippen LogP) is -0.704. The highest BCUT2D eigenvalue weighted by Gasteiger charge is 2.34. The van der Waals surface area contributed by atoms with Gasteiger partial charge in [-0.15, -0.1) is 0 Å². The Morgan fingerprint density at radius 2 is 2.31 bits per heavy atom. The quantitative estimate of drug-likeness (QED) is 0.667. The van der Waals surface area contributed by atoms with Crippen LogP contribution in [0, 0.1) is 0 Å². The molecule has 1 rings (SSSR count). The first kappa shape index (κ1) is 12.9. The van der Waals surface area contributed by atoms with E-state index in [0.717, 1.165) is 0 Å². The number of amides is 1. The Morgan fingerprint density at radius 1 is 1.62 bits per heavy atom. The number of hydrogen-bond acceptors (Lipinski definition) is 4. The van der Waals surface area contributed by atoms with Crippen molar-refractivity contribution in [3.63, 3.8) is 0 Å². The topological polar surface area (TPSA) is 78.9 Å². The minimum atomic E-state index is -0.920. The zero-order valence-corrected chi connectivity index (χ0v) is 9.60. The highest BCUT2D eigenvalue weighted by molar-refractivity contribution is 5.83. The maximum Gasteiger partial charge on any atom is 0.320 e. The first-order chi connectivity index (χ1) is 7.57. The van der Waals surface area contributed by atoms with Crippen molar-refractivity contribution in [1.82, 2.24) is 10.2 Å². The van der Waals surface area contributed by atoms with Crippen LogP contribution in [0.15, 0.2) is 0 Å². The van der Waals surface area contributed by atoms with E-state index in [4.69, 9.17) is 9.84 Å². The maximum absolute atomic E-state index is 11.7. The molecule has 0 bridgehead atoms. The Morgan fingerprint density at radius 3 is 2.88 bits per heavy atom. The van der Waals surface area contributed by atoms with Crippen LogP contribution >= 0.6 is 0 Å². The Bertz CT molecular complexity index is 270. The molecule has 16 heavy (non-hydrogen) atoms. The molecule has 0 aliphatic carbocycles. The van der Waals surface area contributed by atoms with Gasteiger partial charge in [0.25, 0.3) is 0 Å². The number of morpholine rings is 1. The summed E-state index contributed by atoms with van der Waals surface area (Å²) in [6, 6.07) is -1.17. The van der Waals surface area contributed by atoms with Gasteiger partial charge in [0.15, 0.2) is 0 Å². The first-order valence-electron chi connectivity index (χ1n) is 5.42. The van der Waals surface area contributed by atoms with Gasteiger partial charge < -0.3 is 15.2 Å². The van der Waals surface area contributed by atoms with E-state index in [1.807, 2.05) is 6.92 Å². The van der Waals surface area contributed by atoms with Crippen LogP contribution in [-0.2, 0) is 14.3 Å². The average molecular weight is 230 g/mol. The molecule has 0 aromatic heterocycles. The molecule has 6 heteroatoms. The van der Waals surface area contributed by atoms with Crippen LogP contribution in [0.25, 0.3) is 0 Å². The molecular weight excluding hydrogens is 212 g/mol. The van der Waals surface area contributed by atoms with Crippen molar-refractivity contribution < 1.29 is 19.4 Å². The number of rotatable bonds is 4. The second-order valence-corrected chi connectivity index (χ2v) is 3.74. The normalized spacial score (nSPS) is 23.8. The molecule has 0 aromatic carbocycles. The summed E-state index contributed by atoms with van der Waals surface area (Å²) in [5.41, 5.74) is 0. The molecule has 0 saturated carbocycles. The van der Waals surface area contributed by atoms with Crippen LogP contribution in [0.1, 0.15) is 13.8 Å². The largest absolute Gasteiger partial charge is 0.480 e. The fourth-order valence-corrected chi connectivity index (χ4v) is 1.74. The van der Waals surface area contributed by atoms with E-state index in [1.54, 1.807) is 11.8 Å². The van der Waals surface area contributed by atoms with Crippen LogP contribution < -0.4 is 5.32 Å². The molecule has 0 spiro atoms. The SMILES string of the molecule is CCNC(=O)C1COCCN1C(C)C(=O)O. The molecule has 2 unspecified atom stereocenters. The van der Waals surface area contributed by atoms with Crippen LogP contribution in [0.5, 0.6) is 0 Å².